The Morgan fingerprint density at radius 3 is 2.59 bits per heavy atom. The number of nitrogens with one attached hydrogen (secondary N) is 2. The number of carbonyl (C=O) groups is 3. The van der Waals surface area contributed by atoms with Crippen LogP contribution in [0.3, 0.4) is 0 Å². The van der Waals surface area contributed by atoms with Crippen LogP contribution in [0.4, 0.5) is 10.1 Å². The molecular weight excluding hydrogens is 411 g/mol. The predicted octanol–water partition coefficient (Wildman–Crippen LogP) is 3.81. The topological polar surface area (TPSA) is 83.4 Å². The van der Waals surface area contributed by atoms with Gasteiger partial charge in [-0.05, 0) is 44.4 Å². The van der Waals surface area contributed by atoms with Crippen molar-refractivity contribution in [2.24, 2.45) is 0 Å². The Hall–Kier alpha value is -2.90. The molecule has 1 atom stereocenters. The average molecular weight is 443 g/mol. The van der Waals surface area contributed by atoms with Crippen molar-refractivity contribution in [3.63, 3.8) is 0 Å². The molecule has 172 valence electrons. The van der Waals surface area contributed by atoms with E-state index in [2.05, 4.69) is 10.6 Å². The largest absolute Gasteiger partial charge is 0.351 e. The summed E-state index contributed by atoms with van der Waals surface area (Å²) in [5.41, 5.74) is 0.113. The number of benzene rings is 1. The summed E-state index contributed by atoms with van der Waals surface area (Å²) in [7, 11) is 0. The molecule has 2 aliphatic rings. The second-order valence-electron chi connectivity index (χ2n) is 9.19. The van der Waals surface area contributed by atoms with Crippen LogP contribution in [0.2, 0.25) is 0 Å². The van der Waals surface area contributed by atoms with Crippen molar-refractivity contribution >= 4 is 34.3 Å². The molecule has 7 nitrogen and oxygen atoms in total. The number of aromatic nitrogens is 1. The number of hydrogen-bond donors (Lipinski definition) is 2. The van der Waals surface area contributed by atoms with Gasteiger partial charge in [-0.3, -0.25) is 14.4 Å². The number of carbonyl (C=O) groups excluding carboxylic acids is 3. The maximum absolute atomic E-state index is 14.1. The van der Waals surface area contributed by atoms with Crippen LogP contribution in [-0.4, -0.2) is 45.3 Å². The summed E-state index contributed by atoms with van der Waals surface area (Å²) < 4.78 is 15.8. The fourth-order valence-electron chi connectivity index (χ4n) is 5.12. The molecule has 1 aromatic heterocycles. The van der Waals surface area contributed by atoms with Gasteiger partial charge >= 0.3 is 0 Å². The molecule has 8 heteroatoms. The molecule has 32 heavy (non-hydrogen) atoms. The normalized spacial score (nSPS) is 21.5. The summed E-state index contributed by atoms with van der Waals surface area (Å²) in [6, 6.07) is 4.37. The second-order valence-corrected chi connectivity index (χ2v) is 9.19. The van der Waals surface area contributed by atoms with Gasteiger partial charge in [0.2, 0.25) is 11.8 Å². The van der Waals surface area contributed by atoms with E-state index in [9.17, 15) is 18.8 Å². The summed E-state index contributed by atoms with van der Waals surface area (Å²) in [4.78, 5) is 40.8. The maximum atomic E-state index is 14.1. The van der Waals surface area contributed by atoms with Crippen molar-refractivity contribution in [1.29, 1.82) is 0 Å². The highest BCUT2D eigenvalue weighted by atomic mass is 19.1. The third-order valence-corrected chi connectivity index (χ3v) is 6.71. The van der Waals surface area contributed by atoms with Gasteiger partial charge in [-0.2, -0.15) is 0 Å². The van der Waals surface area contributed by atoms with Crippen molar-refractivity contribution in [2.75, 3.05) is 11.9 Å². The lowest BCUT2D eigenvalue weighted by Gasteiger charge is -2.45. The van der Waals surface area contributed by atoms with Crippen molar-refractivity contribution in [1.82, 2.24) is 14.8 Å². The lowest BCUT2D eigenvalue weighted by atomic mass is 9.91. The van der Waals surface area contributed by atoms with E-state index in [1.54, 1.807) is 22.5 Å². The minimum Gasteiger partial charge on any atom is -0.351 e. The van der Waals surface area contributed by atoms with Crippen LogP contribution in [0.25, 0.3) is 10.9 Å². The number of halogens is 1. The number of hydrogen-bond acceptors (Lipinski definition) is 3. The Morgan fingerprint density at radius 1 is 1.22 bits per heavy atom. The smallest absolute Gasteiger partial charge is 0.273 e. The van der Waals surface area contributed by atoms with Crippen LogP contribution >= 0.6 is 0 Å². The van der Waals surface area contributed by atoms with Gasteiger partial charge in [0.25, 0.3) is 5.91 Å². The van der Waals surface area contributed by atoms with Gasteiger partial charge in [0.15, 0.2) is 0 Å². The Morgan fingerprint density at radius 2 is 1.94 bits per heavy atom. The second kappa shape index (κ2) is 8.56. The van der Waals surface area contributed by atoms with E-state index >= 15 is 0 Å². The number of nitrogens with zero attached hydrogens (tertiary/aromatic N) is 2. The molecular formula is C24H31FN4O3. The molecule has 1 saturated carbocycles. The van der Waals surface area contributed by atoms with Gasteiger partial charge in [-0.1, -0.05) is 26.2 Å². The molecule has 0 bridgehead atoms. The first kappa shape index (κ1) is 22.3. The number of amides is 3. The van der Waals surface area contributed by atoms with Crippen LogP contribution in [0.1, 0.15) is 69.8 Å². The lowest BCUT2D eigenvalue weighted by Crippen LogP contribution is -2.65. The Bertz CT molecular complexity index is 1070. The zero-order chi connectivity index (χ0) is 23.0. The van der Waals surface area contributed by atoms with Crippen LogP contribution in [0.15, 0.2) is 18.2 Å². The number of fused-ring (bicyclic) bond motifs is 3. The minimum absolute atomic E-state index is 0.124. The molecule has 2 N–H and O–H groups in total. The Labute approximate surface area is 187 Å². The molecule has 1 aromatic carbocycles. The maximum Gasteiger partial charge on any atom is 0.273 e. The lowest BCUT2D eigenvalue weighted by molar-refractivity contribution is -0.133. The molecule has 1 fully saturated rings. The van der Waals surface area contributed by atoms with Crippen LogP contribution in [0, 0.1) is 5.82 Å². The molecule has 2 heterocycles. The van der Waals surface area contributed by atoms with Gasteiger partial charge in [0.05, 0.1) is 17.7 Å². The van der Waals surface area contributed by atoms with Crippen molar-refractivity contribution in [2.45, 2.75) is 77.4 Å². The summed E-state index contributed by atoms with van der Waals surface area (Å²) in [5, 5.41) is 6.37. The SMILES string of the molecule is CCCN1C(=O)c2c(NC(C)=O)c3cc(F)ccc3n2CC1(C)C(=O)NC1CCCCC1. The van der Waals surface area contributed by atoms with Crippen LogP contribution in [0.5, 0.6) is 0 Å². The molecule has 0 spiro atoms. The zero-order valence-electron chi connectivity index (χ0n) is 19.0. The summed E-state index contributed by atoms with van der Waals surface area (Å²) in [6.07, 6.45) is 5.96. The van der Waals surface area contributed by atoms with Crippen LogP contribution < -0.4 is 10.6 Å². The first-order chi connectivity index (χ1) is 15.3. The van der Waals surface area contributed by atoms with Crippen molar-refractivity contribution < 1.29 is 18.8 Å². The Balaban J connectivity index is 1.82. The zero-order valence-corrected chi connectivity index (χ0v) is 19.0. The van der Waals surface area contributed by atoms with Crippen molar-refractivity contribution in [3.05, 3.63) is 29.7 Å². The van der Waals surface area contributed by atoms with E-state index in [0.29, 0.717) is 29.6 Å². The van der Waals surface area contributed by atoms with Gasteiger partial charge < -0.3 is 20.1 Å². The summed E-state index contributed by atoms with van der Waals surface area (Å²) in [6.45, 7) is 5.75. The molecule has 0 radical (unpaired) electrons. The first-order valence-electron chi connectivity index (χ1n) is 11.5. The van der Waals surface area contributed by atoms with Gasteiger partial charge in [-0.25, -0.2) is 4.39 Å². The average Bonchev–Trinajstić information content (AvgIpc) is 3.03. The highest BCUT2D eigenvalue weighted by molar-refractivity contribution is 6.14. The van der Waals surface area contributed by atoms with E-state index in [-0.39, 0.29) is 36.0 Å². The standard InChI is InChI=1S/C24H31FN4O3/c1-4-12-29-22(31)21-20(26-15(2)30)18-13-16(25)10-11-19(18)28(21)14-24(29,3)23(32)27-17-8-6-5-7-9-17/h10-11,13,17H,4-9,12,14H2,1-3H3,(H,26,30)(H,27,32). The van der Waals surface area contributed by atoms with E-state index < -0.39 is 11.4 Å². The minimum atomic E-state index is -1.09. The van der Waals surface area contributed by atoms with Crippen LogP contribution in [-0.2, 0) is 16.1 Å². The van der Waals surface area contributed by atoms with E-state index in [0.717, 1.165) is 25.7 Å². The van der Waals surface area contributed by atoms with Crippen molar-refractivity contribution in [3.8, 4) is 0 Å². The quantitative estimate of drug-likeness (QED) is 0.739. The summed E-state index contributed by atoms with van der Waals surface area (Å²) in [5.74, 6) is -1.30. The molecule has 0 saturated heterocycles. The fraction of sp³-hybridized carbons (Fsp3) is 0.542. The number of anilines is 1. The van der Waals surface area contributed by atoms with E-state index in [1.807, 2.05) is 6.92 Å². The highest BCUT2D eigenvalue weighted by Crippen LogP contribution is 2.39. The number of rotatable bonds is 5. The van der Waals surface area contributed by atoms with Gasteiger partial charge in [0.1, 0.15) is 17.1 Å². The molecule has 3 amide bonds. The fourth-order valence-corrected chi connectivity index (χ4v) is 5.12. The summed E-state index contributed by atoms with van der Waals surface area (Å²) >= 11 is 0. The predicted molar refractivity (Wildman–Crippen MR) is 121 cm³/mol. The van der Waals surface area contributed by atoms with Gasteiger partial charge in [-0.15, -0.1) is 0 Å². The monoisotopic (exact) mass is 442 g/mol. The van der Waals surface area contributed by atoms with Gasteiger partial charge in [0, 0.05) is 24.9 Å². The van der Waals surface area contributed by atoms with E-state index in [4.69, 9.17) is 0 Å². The third kappa shape index (κ3) is 3.76. The first-order valence-corrected chi connectivity index (χ1v) is 11.5. The Kier molecular flexibility index (Phi) is 5.97. The highest BCUT2D eigenvalue weighted by Gasteiger charge is 2.49. The molecule has 2 aromatic rings. The molecule has 4 rings (SSSR count). The molecule has 1 aliphatic carbocycles. The van der Waals surface area contributed by atoms with E-state index in [1.165, 1.54) is 25.5 Å². The molecule has 1 unspecified atom stereocenters. The molecule has 1 aliphatic heterocycles. The third-order valence-electron chi connectivity index (χ3n) is 6.71.